The molecule has 0 unspecified atom stereocenters. The molecule has 2 rings (SSSR count). The number of carbonyl (C=O) groups is 1. The Morgan fingerprint density at radius 3 is 2.79 bits per heavy atom. The summed E-state index contributed by atoms with van der Waals surface area (Å²) in [5, 5.41) is 8.51. The molecule has 2 N–H and O–H groups in total. The normalized spacial score (nSPS) is 12.4. The molecule has 0 aliphatic rings. The van der Waals surface area contributed by atoms with Gasteiger partial charge < -0.3 is 10.1 Å². The minimum Gasteiger partial charge on any atom is -0.478 e. The maximum Gasteiger partial charge on any atom is 0.446 e. The summed E-state index contributed by atoms with van der Waals surface area (Å²) in [7, 11) is 0. The number of nitrogens with one attached hydrogen (secondary N) is 1. The Morgan fingerprint density at radius 2 is 2.16 bits per heavy atom. The van der Waals surface area contributed by atoms with Crippen LogP contribution in [0.2, 0.25) is 0 Å². The second kappa shape index (κ2) is 4.96. The molecule has 1 aromatic carbocycles. The highest BCUT2D eigenvalue weighted by Crippen LogP contribution is 2.40. The summed E-state index contributed by atoms with van der Waals surface area (Å²) in [5.41, 5.74) is -3.46. The number of fused-ring (bicyclic) bond motifs is 1. The lowest BCUT2D eigenvalue weighted by Gasteiger charge is -2.07. The van der Waals surface area contributed by atoms with Crippen LogP contribution in [0, 0.1) is 0 Å². The number of benzene rings is 1. The predicted octanol–water partition coefficient (Wildman–Crippen LogP) is 3.27. The lowest BCUT2D eigenvalue weighted by Crippen LogP contribution is -1.99. The van der Waals surface area contributed by atoms with Crippen molar-refractivity contribution in [2.75, 3.05) is 0 Å². The second-order valence-corrected chi connectivity index (χ2v) is 4.64. The Kier molecular flexibility index (Phi) is 3.52. The van der Waals surface area contributed by atoms with Crippen molar-refractivity contribution in [2.24, 2.45) is 0 Å². The highest BCUT2D eigenvalue weighted by atomic mass is 32.2. The first-order valence-electron chi connectivity index (χ1n) is 4.99. The van der Waals surface area contributed by atoms with Crippen molar-refractivity contribution in [1.29, 1.82) is 0 Å². The van der Waals surface area contributed by atoms with Crippen molar-refractivity contribution in [3.63, 3.8) is 0 Å². The van der Waals surface area contributed by atoms with E-state index in [9.17, 15) is 18.0 Å². The van der Waals surface area contributed by atoms with E-state index in [1.165, 1.54) is 24.5 Å². The van der Waals surface area contributed by atoms with Crippen LogP contribution in [0.1, 0.15) is 5.56 Å². The number of thioether (sulfide) groups is 1. The summed E-state index contributed by atoms with van der Waals surface area (Å²) < 4.78 is 37.3. The molecule has 1 aromatic heterocycles. The van der Waals surface area contributed by atoms with Crippen molar-refractivity contribution in [1.82, 2.24) is 9.97 Å². The molecule has 0 atom stereocenters. The van der Waals surface area contributed by atoms with E-state index in [4.69, 9.17) is 5.11 Å². The number of carboxylic acids is 1. The summed E-state index contributed by atoms with van der Waals surface area (Å²) in [6.07, 6.45) is 3.37. The van der Waals surface area contributed by atoms with Crippen LogP contribution < -0.4 is 0 Å². The molecule has 0 saturated carbocycles. The van der Waals surface area contributed by atoms with Crippen LogP contribution in [-0.4, -0.2) is 26.6 Å². The van der Waals surface area contributed by atoms with Crippen LogP contribution in [0.25, 0.3) is 17.1 Å². The van der Waals surface area contributed by atoms with Crippen LogP contribution in [0.4, 0.5) is 13.2 Å². The van der Waals surface area contributed by atoms with Crippen LogP contribution in [0.3, 0.4) is 0 Å². The molecule has 1 heterocycles. The van der Waals surface area contributed by atoms with Gasteiger partial charge in [-0.1, -0.05) is 0 Å². The molecule has 8 heteroatoms. The van der Waals surface area contributed by atoms with Crippen molar-refractivity contribution >= 4 is 34.8 Å². The molecule has 0 aliphatic heterocycles. The molecule has 0 saturated heterocycles. The maximum atomic E-state index is 12.4. The number of imidazole rings is 1. The van der Waals surface area contributed by atoms with Crippen molar-refractivity contribution in [3.8, 4) is 0 Å². The smallest absolute Gasteiger partial charge is 0.446 e. The number of nitrogens with zero attached hydrogens (tertiary/aromatic N) is 1. The molecule has 0 radical (unpaired) electrons. The lowest BCUT2D eigenvalue weighted by atomic mass is 10.2. The molecule has 2 aromatic rings. The van der Waals surface area contributed by atoms with Gasteiger partial charge in [0.15, 0.2) is 0 Å². The minimum absolute atomic E-state index is 0.0729. The van der Waals surface area contributed by atoms with Crippen LogP contribution in [-0.2, 0) is 4.79 Å². The third-order valence-electron chi connectivity index (χ3n) is 2.16. The van der Waals surface area contributed by atoms with Gasteiger partial charge in [0, 0.05) is 11.0 Å². The average molecular weight is 288 g/mol. The fraction of sp³-hybridized carbons (Fsp3) is 0.0909. The zero-order valence-electron chi connectivity index (χ0n) is 9.23. The lowest BCUT2D eigenvalue weighted by molar-refractivity contribution is -0.131. The molecule has 0 amide bonds. The molecule has 100 valence electrons. The molecule has 0 fully saturated rings. The first-order chi connectivity index (χ1) is 8.85. The SMILES string of the molecule is O=C(O)C=Cc1cc(SC(F)(F)F)c2nc[nH]c2c1. The molecule has 4 nitrogen and oxygen atoms in total. The fourth-order valence-electron chi connectivity index (χ4n) is 1.50. The van der Waals surface area contributed by atoms with E-state index >= 15 is 0 Å². The number of alkyl halides is 3. The van der Waals surface area contributed by atoms with Gasteiger partial charge in [-0.25, -0.2) is 9.78 Å². The van der Waals surface area contributed by atoms with Gasteiger partial charge in [-0.05, 0) is 35.5 Å². The van der Waals surface area contributed by atoms with Gasteiger partial charge in [-0.2, -0.15) is 13.2 Å². The van der Waals surface area contributed by atoms with Crippen LogP contribution in [0.5, 0.6) is 0 Å². The number of rotatable bonds is 3. The summed E-state index contributed by atoms with van der Waals surface area (Å²) in [4.78, 5) is 16.9. The number of hydrogen-bond acceptors (Lipinski definition) is 3. The van der Waals surface area contributed by atoms with E-state index in [1.54, 1.807) is 0 Å². The fourth-order valence-corrected chi connectivity index (χ4v) is 2.21. The van der Waals surface area contributed by atoms with Crippen molar-refractivity contribution in [2.45, 2.75) is 10.4 Å². The number of halogens is 3. The first kappa shape index (κ1) is 13.5. The molecule has 0 aliphatic carbocycles. The minimum atomic E-state index is -4.43. The average Bonchev–Trinajstić information content (AvgIpc) is 2.72. The topological polar surface area (TPSA) is 66.0 Å². The molecule has 19 heavy (non-hydrogen) atoms. The van der Waals surface area contributed by atoms with Crippen molar-refractivity contribution in [3.05, 3.63) is 30.1 Å². The van der Waals surface area contributed by atoms with Gasteiger partial charge in [0.1, 0.15) is 5.52 Å². The van der Waals surface area contributed by atoms with Crippen LogP contribution >= 0.6 is 11.8 Å². The molecular weight excluding hydrogens is 281 g/mol. The Labute approximate surface area is 109 Å². The third kappa shape index (κ3) is 3.50. The van der Waals surface area contributed by atoms with Gasteiger partial charge in [0.05, 0.1) is 11.8 Å². The molecule has 0 spiro atoms. The summed E-state index contributed by atoms with van der Waals surface area (Å²) in [6.45, 7) is 0. The van der Waals surface area contributed by atoms with E-state index in [0.29, 0.717) is 11.1 Å². The quantitative estimate of drug-likeness (QED) is 0.672. The van der Waals surface area contributed by atoms with E-state index in [-0.39, 0.29) is 22.2 Å². The zero-order valence-corrected chi connectivity index (χ0v) is 10.0. The number of aliphatic carboxylic acids is 1. The third-order valence-corrected chi connectivity index (χ3v) is 2.92. The highest BCUT2D eigenvalue weighted by Gasteiger charge is 2.30. The standard InChI is InChI=1S/C11H7F3N2O2S/c12-11(13,14)19-8-4-6(1-2-9(17)18)3-7-10(8)16-5-15-7/h1-5H,(H,15,16)(H,17,18). The number of hydrogen-bond donors (Lipinski definition) is 2. The highest BCUT2D eigenvalue weighted by molar-refractivity contribution is 8.00. The Morgan fingerprint density at radius 1 is 1.42 bits per heavy atom. The van der Waals surface area contributed by atoms with Crippen LogP contribution in [0.15, 0.2) is 29.4 Å². The summed E-state index contributed by atoms with van der Waals surface area (Å²) in [6, 6.07) is 2.78. The molecule has 0 bridgehead atoms. The van der Waals surface area contributed by atoms with E-state index in [2.05, 4.69) is 9.97 Å². The second-order valence-electron chi connectivity index (χ2n) is 3.54. The van der Waals surface area contributed by atoms with Gasteiger partial charge in [0.2, 0.25) is 0 Å². The van der Waals surface area contributed by atoms with E-state index < -0.39 is 11.5 Å². The van der Waals surface area contributed by atoms with E-state index in [0.717, 1.165) is 6.08 Å². The van der Waals surface area contributed by atoms with Gasteiger partial charge in [0.25, 0.3) is 0 Å². The number of carboxylic acid groups (broad SMARTS) is 1. The van der Waals surface area contributed by atoms with Crippen molar-refractivity contribution < 1.29 is 23.1 Å². The number of aromatic nitrogens is 2. The number of H-pyrrole nitrogens is 1. The number of aromatic amines is 1. The maximum absolute atomic E-state index is 12.4. The molecular formula is C11H7F3N2O2S. The van der Waals surface area contributed by atoms with Gasteiger partial charge in [-0.15, -0.1) is 0 Å². The first-order valence-corrected chi connectivity index (χ1v) is 5.81. The Hall–Kier alpha value is -1.96. The Bertz CT molecular complexity index is 649. The summed E-state index contributed by atoms with van der Waals surface area (Å²) >= 11 is -0.281. The monoisotopic (exact) mass is 288 g/mol. The van der Waals surface area contributed by atoms with Gasteiger partial charge in [-0.3, -0.25) is 0 Å². The zero-order chi connectivity index (χ0) is 14.0. The Balaban J connectivity index is 2.48. The largest absolute Gasteiger partial charge is 0.478 e. The summed E-state index contributed by atoms with van der Waals surface area (Å²) in [5.74, 6) is -1.17. The predicted molar refractivity (Wildman–Crippen MR) is 64.7 cm³/mol. The van der Waals surface area contributed by atoms with Gasteiger partial charge >= 0.3 is 11.5 Å². The van der Waals surface area contributed by atoms with E-state index in [1.807, 2.05) is 0 Å².